The lowest BCUT2D eigenvalue weighted by atomic mass is 10.1. The monoisotopic (exact) mass is 201 g/mol. The average Bonchev–Trinajstić information content (AvgIpc) is 2.81. The van der Waals surface area contributed by atoms with Crippen LogP contribution in [0, 0.1) is 0 Å². The maximum absolute atomic E-state index is 11.5. The topological polar surface area (TPSA) is 47.8 Å². The highest BCUT2D eigenvalue weighted by atomic mass is 16.2. The zero-order valence-corrected chi connectivity index (χ0v) is 8.21. The molecule has 0 saturated heterocycles. The SMILES string of the molecule is O=C(CCc1ccccc1)n1cncn1. The Kier molecular flexibility index (Phi) is 2.88. The number of rotatable bonds is 3. The lowest BCUT2D eigenvalue weighted by Gasteiger charge is -2.00. The largest absolute Gasteiger partial charge is 0.273 e. The first-order chi connectivity index (χ1) is 7.36. The highest BCUT2D eigenvalue weighted by Crippen LogP contribution is 2.03. The molecule has 0 bridgehead atoms. The van der Waals surface area contributed by atoms with Gasteiger partial charge >= 0.3 is 0 Å². The van der Waals surface area contributed by atoms with Crippen LogP contribution < -0.4 is 0 Å². The molecule has 0 amide bonds. The summed E-state index contributed by atoms with van der Waals surface area (Å²) in [5, 5.41) is 3.78. The van der Waals surface area contributed by atoms with Gasteiger partial charge in [0.2, 0.25) is 5.91 Å². The van der Waals surface area contributed by atoms with Gasteiger partial charge in [0.1, 0.15) is 12.7 Å². The summed E-state index contributed by atoms with van der Waals surface area (Å²) in [6.45, 7) is 0. The third-order valence-electron chi connectivity index (χ3n) is 2.14. The van der Waals surface area contributed by atoms with Gasteiger partial charge in [-0.15, -0.1) is 0 Å². The third-order valence-corrected chi connectivity index (χ3v) is 2.14. The summed E-state index contributed by atoms with van der Waals surface area (Å²) in [6.07, 6.45) is 3.97. The molecule has 0 fully saturated rings. The Balaban J connectivity index is 1.92. The van der Waals surface area contributed by atoms with E-state index in [1.165, 1.54) is 17.3 Å². The van der Waals surface area contributed by atoms with Gasteiger partial charge in [0.25, 0.3) is 0 Å². The van der Waals surface area contributed by atoms with Crippen molar-refractivity contribution in [3.63, 3.8) is 0 Å². The fourth-order valence-electron chi connectivity index (χ4n) is 1.35. The van der Waals surface area contributed by atoms with Crippen LogP contribution in [0.3, 0.4) is 0 Å². The van der Waals surface area contributed by atoms with Gasteiger partial charge in [-0.1, -0.05) is 30.3 Å². The minimum atomic E-state index is -0.0312. The van der Waals surface area contributed by atoms with Gasteiger partial charge in [-0.25, -0.2) is 4.98 Å². The molecule has 0 N–H and O–H groups in total. The number of carbonyl (C=O) groups excluding carboxylic acids is 1. The van der Waals surface area contributed by atoms with E-state index in [-0.39, 0.29) is 5.91 Å². The summed E-state index contributed by atoms with van der Waals surface area (Å²) in [7, 11) is 0. The Morgan fingerprint density at radius 1 is 1.27 bits per heavy atom. The Labute approximate surface area is 87.6 Å². The van der Waals surface area contributed by atoms with Crippen molar-refractivity contribution < 1.29 is 4.79 Å². The predicted molar refractivity (Wildman–Crippen MR) is 55.4 cm³/mol. The van der Waals surface area contributed by atoms with Gasteiger partial charge in [-0.3, -0.25) is 4.79 Å². The number of aryl methyl sites for hydroxylation is 1. The van der Waals surface area contributed by atoms with E-state index in [4.69, 9.17) is 0 Å². The molecule has 0 unspecified atom stereocenters. The molecule has 0 aliphatic carbocycles. The predicted octanol–water partition coefficient (Wildman–Crippen LogP) is 1.55. The number of nitrogens with zero attached hydrogens (tertiary/aromatic N) is 3. The Hall–Kier alpha value is -1.97. The molecule has 0 atom stereocenters. The summed E-state index contributed by atoms with van der Waals surface area (Å²) >= 11 is 0. The standard InChI is InChI=1S/C11H11N3O/c15-11(14-9-12-8-13-14)7-6-10-4-2-1-3-5-10/h1-5,8-9H,6-7H2. The fourth-order valence-corrected chi connectivity index (χ4v) is 1.35. The van der Waals surface area contributed by atoms with Crippen LogP contribution in [0.4, 0.5) is 0 Å². The molecule has 2 rings (SSSR count). The van der Waals surface area contributed by atoms with E-state index >= 15 is 0 Å². The van der Waals surface area contributed by atoms with Crippen LogP contribution in [0.1, 0.15) is 16.8 Å². The van der Waals surface area contributed by atoms with Crippen molar-refractivity contribution in [3.05, 3.63) is 48.5 Å². The van der Waals surface area contributed by atoms with Gasteiger partial charge in [0, 0.05) is 6.42 Å². The van der Waals surface area contributed by atoms with Crippen molar-refractivity contribution in [2.75, 3.05) is 0 Å². The molecular formula is C11H11N3O. The molecule has 1 heterocycles. The maximum Gasteiger partial charge on any atom is 0.248 e. The van der Waals surface area contributed by atoms with E-state index in [2.05, 4.69) is 10.1 Å². The molecule has 4 nitrogen and oxygen atoms in total. The minimum Gasteiger partial charge on any atom is -0.273 e. The second-order valence-corrected chi connectivity index (χ2v) is 3.22. The molecule has 4 heteroatoms. The van der Waals surface area contributed by atoms with Gasteiger partial charge in [-0.2, -0.15) is 9.78 Å². The van der Waals surface area contributed by atoms with Crippen molar-refractivity contribution in [3.8, 4) is 0 Å². The van der Waals surface area contributed by atoms with Crippen LogP contribution >= 0.6 is 0 Å². The smallest absolute Gasteiger partial charge is 0.248 e. The van der Waals surface area contributed by atoms with E-state index in [9.17, 15) is 4.79 Å². The molecule has 1 aromatic heterocycles. The van der Waals surface area contributed by atoms with Crippen molar-refractivity contribution in [1.29, 1.82) is 0 Å². The van der Waals surface area contributed by atoms with Gasteiger partial charge in [-0.05, 0) is 12.0 Å². The Morgan fingerprint density at radius 3 is 2.73 bits per heavy atom. The van der Waals surface area contributed by atoms with Gasteiger partial charge < -0.3 is 0 Å². The molecule has 0 radical (unpaired) electrons. The van der Waals surface area contributed by atoms with Crippen molar-refractivity contribution in [1.82, 2.24) is 14.8 Å². The van der Waals surface area contributed by atoms with E-state index in [1.54, 1.807) is 0 Å². The average molecular weight is 201 g/mol. The van der Waals surface area contributed by atoms with Crippen LogP contribution in [0.15, 0.2) is 43.0 Å². The highest BCUT2D eigenvalue weighted by molar-refractivity contribution is 5.77. The molecule has 0 saturated carbocycles. The van der Waals surface area contributed by atoms with Crippen LogP contribution in [0.2, 0.25) is 0 Å². The summed E-state index contributed by atoms with van der Waals surface area (Å²) in [4.78, 5) is 15.3. The lowest BCUT2D eigenvalue weighted by molar-refractivity contribution is 0.0887. The summed E-state index contributed by atoms with van der Waals surface area (Å²) in [5.74, 6) is -0.0312. The normalized spacial score (nSPS) is 10.1. The lowest BCUT2D eigenvalue weighted by Crippen LogP contribution is -2.11. The van der Waals surface area contributed by atoms with Crippen molar-refractivity contribution in [2.45, 2.75) is 12.8 Å². The quantitative estimate of drug-likeness (QED) is 0.757. The first-order valence-electron chi connectivity index (χ1n) is 4.78. The summed E-state index contributed by atoms with van der Waals surface area (Å²) in [5.41, 5.74) is 1.16. The van der Waals surface area contributed by atoms with E-state index < -0.39 is 0 Å². The molecule has 1 aromatic carbocycles. The summed E-state index contributed by atoms with van der Waals surface area (Å²) < 4.78 is 1.27. The van der Waals surface area contributed by atoms with Gasteiger partial charge in [0.05, 0.1) is 0 Å². The van der Waals surface area contributed by atoms with E-state index in [0.717, 1.165) is 12.0 Å². The molecule has 0 spiro atoms. The maximum atomic E-state index is 11.5. The second kappa shape index (κ2) is 4.50. The molecule has 2 aromatic rings. The first kappa shape index (κ1) is 9.58. The number of carbonyl (C=O) groups is 1. The number of benzene rings is 1. The first-order valence-corrected chi connectivity index (χ1v) is 4.78. The third kappa shape index (κ3) is 2.49. The highest BCUT2D eigenvalue weighted by Gasteiger charge is 2.04. The van der Waals surface area contributed by atoms with Gasteiger partial charge in [0.15, 0.2) is 0 Å². The molecule has 76 valence electrons. The molecular weight excluding hydrogens is 190 g/mol. The number of hydrogen-bond donors (Lipinski definition) is 0. The zero-order chi connectivity index (χ0) is 10.5. The van der Waals surface area contributed by atoms with E-state index in [0.29, 0.717) is 6.42 Å². The van der Waals surface area contributed by atoms with Crippen LogP contribution in [0.25, 0.3) is 0 Å². The van der Waals surface area contributed by atoms with Crippen molar-refractivity contribution >= 4 is 5.91 Å². The molecule has 0 aliphatic heterocycles. The Bertz CT molecular complexity index is 422. The summed E-state index contributed by atoms with van der Waals surface area (Å²) in [6, 6.07) is 9.91. The number of aromatic nitrogens is 3. The van der Waals surface area contributed by atoms with Crippen LogP contribution in [-0.4, -0.2) is 20.7 Å². The van der Waals surface area contributed by atoms with E-state index in [1.807, 2.05) is 30.3 Å². The zero-order valence-electron chi connectivity index (χ0n) is 8.21. The molecule has 0 aliphatic rings. The van der Waals surface area contributed by atoms with Crippen molar-refractivity contribution in [2.24, 2.45) is 0 Å². The van der Waals surface area contributed by atoms with Crippen LogP contribution in [-0.2, 0) is 6.42 Å². The minimum absolute atomic E-state index is 0.0312. The van der Waals surface area contributed by atoms with Crippen LogP contribution in [0.5, 0.6) is 0 Å². The fraction of sp³-hybridized carbons (Fsp3) is 0.182. The number of hydrogen-bond acceptors (Lipinski definition) is 3. The second-order valence-electron chi connectivity index (χ2n) is 3.22. The molecule has 15 heavy (non-hydrogen) atoms. The Morgan fingerprint density at radius 2 is 2.07 bits per heavy atom.